The van der Waals surface area contributed by atoms with Gasteiger partial charge >= 0.3 is 0 Å². The first-order chi connectivity index (χ1) is 5.72. The Labute approximate surface area is 76.5 Å². The third-order valence-electron chi connectivity index (χ3n) is 1.37. The van der Waals surface area contributed by atoms with E-state index in [0.717, 1.165) is 0 Å². The van der Waals surface area contributed by atoms with Crippen LogP contribution >= 0.6 is 11.6 Å². The van der Waals surface area contributed by atoms with E-state index in [9.17, 15) is 4.79 Å². The Balaban J connectivity index is 2.69. The number of hydrogen-bond donors (Lipinski definition) is 1. The summed E-state index contributed by atoms with van der Waals surface area (Å²) in [5, 5.41) is 3.19. The molecule has 0 saturated heterocycles. The molecule has 0 aliphatic rings. The van der Waals surface area contributed by atoms with Gasteiger partial charge in [0.1, 0.15) is 0 Å². The van der Waals surface area contributed by atoms with Crippen molar-refractivity contribution in [3.8, 4) is 0 Å². The second kappa shape index (κ2) is 4.12. The molecule has 0 aromatic heterocycles. The highest BCUT2D eigenvalue weighted by Gasteiger charge is 1.98. The second-order valence-corrected chi connectivity index (χ2v) is 2.73. The summed E-state index contributed by atoms with van der Waals surface area (Å²) >= 11 is 5.66. The SMILES string of the molecule is CCC(=O)Nc1cc[c]c(Cl)c1. The predicted octanol–water partition coefficient (Wildman–Crippen LogP) is 2.49. The van der Waals surface area contributed by atoms with Crippen LogP contribution in [0.5, 0.6) is 0 Å². The molecular weight excluding hydrogens is 174 g/mol. The van der Waals surface area contributed by atoms with Crippen molar-refractivity contribution in [2.45, 2.75) is 13.3 Å². The number of anilines is 1. The van der Waals surface area contributed by atoms with Crippen LogP contribution in [0, 0.1) is 6.07 Å². The van der Waals surface area contributed by atoms with Gasteiger partial charge in [-0.1, -0.05) is 24.6 Å². The maximum absolute atomic E-state index is 10.9. The molecule has 1 aromatic carbocycles. The summed E-state index contributed by atoms with van der Waals surface area (Å²) in [4.78, 5) is 10.9. The fourth-order valence-corrected chi connectivity index (χ4v) is 0.945. The molecule has 63 valence electrons. The molecule has 0 heterocycles. The van der Waals surface area contributed by atoms with E-state index in [0.29, 0.717) is 17.1 Å². The van der Waals surface area contributed by atoms with Crippen LogP contribution in [0.3, 0.4) is 0 Å². The zero-order chi connectivity index (χ0) is 8.97. The molecule has 0 bridgehead atoms. The van der Waals surface area contributed by atoms with Crippen LogP contribution in [0.25, 0.3) is 0 Å². The first kappa shape index (κ1) is 9.07. The molecule has 0 aliphatic carbocycles. The smallest absolute Gasteiger partial charge is 0.224 e. The summed E-state index contributed by atoms with van der Waals surface area (Å²) in [6, 6.07) is 7.86. The van der Waals surface area contributed by atoms with Gasteiger partial charge in [-0.3, -0.25) is 4.79 Å². The van der Waals surface area contributed by atoms with Crippen LogP contribution < -0.4 is 5.32 Å². The molecule has 0 fully saturated rings. The zero-order valence-electron chi connectivity index (χ0n) is 6.73. The fraction of sp³-hybridized carbons (Fsp3) is 0.222. The van der Waals surface area contributed by atoms with Gasteiger partial charge in [-0.25, -0.2) is 0 Å². The monoisotopic (exact) mass is 182 g/mol. The second-order valence-electron chi connectivity index (χ2n) is 2.33. The van der Waals surface area contributed by atoms with Crippen molar-refractivity contribution in [3.05, 3.63) is 29.3 Å². The molecule has 12 heavy (non-hydrogen) atoms. The Morgan fingerprint density at radius 3 is 3.08 bits per heavy atom. The predicted molar refractivity (Wildman–Crippen MR) is 49.2 cm³/mol. The summed E-state index contributed by atoms with van der Waals surface area (Å²) in [6.07, 6.45) is 0.468. The van der Waals surface area contributed by atoms with Gasteiger partial charge < -0.3 is 5.32 Å². The van der Waals surface area contributed by atoms with E-state index in [2.05, 4.69) is 11.4 Å². The Morgan fingerprint density at radius 1 is 1.75 bits per heavy atom. The van der Waals surface area contributed by atoms with Crippen molar-refractivity contribution in [2.75, 3.05) is 5.32 Å². The van der Waals surface area contributed by atoms with E-state index in [1.807, 2.05) is 0 Å². The molecule has 0 unspecified atom stereocenters. The molecular formula is C9H9ClNO. The molecule has 0 spiro atoms. The fourth-order valence-electron chi connectivity index (χ4n) is 0.764. The molecule has 0 atom stereocenters. The van der Waals surface area contributed by atoms with Crippen molar-refractivity contribution in [2.24, 2.45) is 0 Å². The normalized spacial score (nSPS) is 9.50. The molecule has 1 radical (unpaired) electrons. The molecule has 0 saturated carbocycles. The Hall–Kier alpha value is -1.02. The topological polar surface area (TPSA) is 29.1 Å². The largest absolute Gasteiger partial charge is 0.326 e. The van der Waals surface area contributed by atoms with Crippen LogP contribution in [0.15, 0.2) is 18.2 Å². The standard InChI is InChI=1S/C9H9ClNO/c1-2-9(12)11-8-5-3-4-7(10)6-8/h3,5-6H,2H2,1H3,(H,11,12). The molecule has 3 heteroatoms. The van der Waals surface area contributed by atoms with Crippen LogP contribution in [-0.2, 0) is 4.79 Å². The van der Waals surface area contributed by atoms with Gasteiger partial charge in [-0.05, 0) is 12.1 Å². The number of carbonyl (C=O) groups excluding carboxylic acids is 1. The van der Waals surface area contributed by atoms with Crippen molar-refractivity contribution in [1.82, 2.24) is 0 Å². The summed E-state index contributed by atoms with van der Waals surface area (Å²) in [6.45, 7) is 1.80. The lowest BCUT2D eigenvalue weighted by molar-refractivity contribution is -0.115. The quantitative estimate of drug-likeness (QED) is 0.748. The summed E-state index contributed by atoms with van der Waals surface area (Å²) in [5.41, 5.74) is 0.714. The first-order valence-corrected chi connectivity index (χ1v) is 4.07. The lowest BCUT2D eigenvalue weighted by Gasteiger charge is -2.02. The van der Waals surface area contributed by atoms with Gasteiger partial charge in [-0.15, -0.1) is 0 Å². The van der Waals surface area contributed by atoms with E-state index >= 15 is 0 Å². The van der Waals surface area contributed by atoms with Gasteiger partial charge in [0.25, 0.3) is 0 Å². The Bertz CT molecular complexity index is 286. The molecule has 1 aromatic rings. The minimum Gasteiger partial charge on any atom is -0.326 e. The van der Waals surface area contributed by atoms with Crippen molar-refractivity contribution in [3.63, 3.8) is 0 Å². The van der Waals surface area contributed by atoms with Gasteiger partial charge in [0, 0.05) is 18.2 Å². The van der Waals surface area contributed by atoms with Crippen molar-refractivity contribution >= 4 is 23.2 Å². The van der Waals surface area contributed by atoms with E-state index in [1.165, 1.54) is 0 Å². The lowest BCUT2D eigenvalue weighted by Crippen LogP contribution is -2.08. The summed E-state index contributed by atoms with van der Waals surface area (Å²) in [5.74, 6) is -0.0164. The first-order valence-electron chi connectivity index (χ1n) is 3.69. The average molecular weight is 183 g/mol. The number of nitrogens with one attached hydrogen (secondary N) is 1. The maximum Gasteiger partial charge on any atom is 0.224 e. The van der Waals surface area contributed by atoms with Crippen LogP contribution in [0.1, 0.15) is 13.3 Å². The maximum atomic E-state index is 10.9. The van der Waals surface area contributed by atoms with Crippen molar-refractivity contribution in [1.29, 1.82) is 0 Å². The highest BCUT2D eigenvalue weighted by Crippen LogP contribution is 2.14. The molecule has 0 aliphatic heterocycles. The van der Waals surface area contributed by atoms with E-state index in [1.54, 1.807) is 25.1 Å². The van der Waals surface area contributed by atoms with Gasteiger partial charge in [0.15, 0.2) is 0 Å². The minimum atomic E-state index is -0.0164. The minimum absolute atomic E-state index is 0.0164. The van der Waals surface area contributed by atoms with Gasteiger partial charge in [0.2, 0.25) is 5.91 Å². The molecule has 2 nitrogen and oxygen atoms in total. The van der Waals surface area contributed by atoms with E-state index < -0.39 is 0 Å². The Kier molecular flexibility index (Phi) is 3.11. The van der Waals surface area contributed by atoms with Crippen LogP contribution in [-0.4, -0.2) is 5.91 Å². The highest BCUT2D eigenvalue weighted by atomic mass is 35.5. The summed E-state index contributed by atoms with van der Waals surface area (Å²) < 4.78 is 0. The third-order valence-corrected chi connectivity index (χ3v) is 1.59. The summed E-state index contributed by atoms with van der Waals surface area (Å²) in [7, 11) is 0. The van der Waals surface area contributed by atoms with Gasteiger partial charge in [0.05, 0.1) is 5.02 Å². The molecule has 1 rings (SSSR count). The van der Waals surface area contributed by atoms with Crippen LogP contribution in [0.4, 0.5) is 5.69 Å². The number of halogens is 1. The molecule has 1 N–H and O–H groups in total. The lowest BCUT2D eigenvalue weighted by atomic mass is 10.3. The number of hydrogen-bond acceptors (Lipinski definition) is 1. The van der Waals surface area contributed by atoms with E-state index in [4.69, 9.17) is 11.6 Å². The number of benzene rings is 1. The highest BCUT2D eigenvalue weighted by molar-refractivity contribution is 6.30. The molecule has 1 amide bonds. The third kappa shape index (κ3) is 2.55. The van der Waals surface area contributed by atoms with Crippen LogP contribution in [0.2, 0.25) is 5.02 Å². The Morgan fingerprint density at radius 2 is 2.50 bits per heavy atom. The number of rotatable bonds is 2. The average Bonchev–Trinajstić information content (AvgIpc) is 2.04. The number of amides is 1. The zero-order valence-corrected chi connectivity index (χ0v) is 7.48. The van der Waals surface area contributed by atoms with Crippen molar-refractivity contribution < 1.29 is 4.79 Å². The van der Waals surface area contributed by atoms with E-state index in [-0.39, 0.29) is 5.91 Å². The number of carbonyl (C=O) groups is 1. The van der Waals surface area contributed by atoms with Gasteiger partial charge in [-0.2, -0.15) is 0 Å².